The van der Waals surface area contributed by atoms with Crippen molar-refractivity contribution in [3.8, 4) is 0 Å². The molecule has 3 amide bonds. The Morgan fingerprint density at radius 1 is 1.29 bits per heavy atom. The topological polar surface area (TPSA) is 95.7 Å². The Balaban J connectivity index is 1.86. The molecular weight excluding hydrogens is 308 g/mol. The molecule has 0 radical (unpaired) electrons. The Bertz CT molecular complexity index is 613. The molecule has 1 unspecified atom stereocenters. The molecule has 0 spiro atoms. The van der Waals surface area contributed by atoms with Crippen LogP contribution in [0.4, 0.5) is 5.69 Å². The van der Waals surface area contributed by atoms with Gasteiger partial charge in [0.25, 0.3) is 0 Å². The molecular formula is C17H24N4O3. The number of hydrogen-bond acceptors (Lipinski definition) is 4. The third-order valence-corrected chi connectivity index (χ3v) is 4.06. The second-order valence-electron chi connectivity index (χ2n) is 6.33. The van der Waals surface area contributed by atoms with Crippen molar-refractivity contribution in [2.45, 2.75) is 12.8 Å². The van der Waals surface area contributed by atoms with E-state index in [0.717, 1.165) is 13.0 Å². The van der Waals surface area contributed by atoms with Crippen LogP contribution in [0.2, 0.25) is 0 Å². The standard InChI is InChI=1S/C17H24N4O3/c1-20(2)8-3-9-21-11-13(10-15(21)22)17(24)19-14-6-4-12(5-7-14)16(18)23/h4-7,13H,3,8-11H2,1-2H3,(H2,18,23)(H,19,24). The molecule has 7 nitrogen and oxygen atoms in total. The molecule has 0 aliphatic carbocycles. The molecule has 1 aromatic carbocycles. The number of carbonyl (C=O) groups excluding carboxylic acids is 3. The molecule has 1 aliphatic heterocycles. The van der Waals surface area contributed by atoms with Crippen LogP contribution < -0.4 is 11.1 Å². The molecule has 1 heterocycles. The van der Waals surface area contributed by atoms with Gasteiger partial charge in [0.1, 0.15) is 0 Å². The fourth-order valence-electron chi connectivity index (χ4n) is 2.70. The van der Waals surface area contributed by atoms with Crippen LogP contribution in [0.3, 0.4) is 0 Å². The van der Waals surface area contributed by atoms with E-state index in [2.05, 4.69) is 10.2 Å². The molecule has 1 fully saturated rings. The minimum absolute atomic E-state index is 0.0259. The predicted molar refractivity (Wildman–Crippen MR) is 91.4 cm³/mol. The van der Waals surface area contributed by atoms with Gasteiger partial charge in [0, 0.05) is 30.8 Å². The van der Waals surface area contributed by atoms with Crippen molar-refractivity contribution < 1.29 is 14.4 Å². The average molecular weight is 332 g/mol. The highest BCUT2D eigenvalue weighted by Gasteiger charge is 2.33. The lowest BCUT2D eigenvalue weighted by molar-refractivity contribution is -0.128. The van der Waals surface area contributed by atoms with Crippen LogP contribution in [0, 0.1) is 5.92 Å². The first-order chi connectivity index (χ1) is 11.4. The van der Waals surface area contributed by atoms with Crippen LogP contribution in [0.5, 0.6) is 0 Å². The van der Waals surface area contributed by atoms with Crippen molar-refractivity contribution in [1.82, 2.24) is 9.80 Å². The van der Waals surface area contributed by atoms with Gasteiger partial charge in [-0.05, 0) is 51.3 Å². The van der Waals surface area contributed by atoms with E-state index in [-0.39, 0.29) is 24.2 Å². The van der Waals surface area contributed by atoms with Gasteiger partial charge in [-0.15, -0.1) is 0 Å². The van der Waals surface area contributed by atoms with Crippen LogP contribution in [-0.4, -0.2) is 61.3 Å². The Kier molecular flexibility index (Phi) is 5.92. The van der Waals surface area contributed by atoms with Crippen LogP contribution in [0.25, 0.3) is 0 Å². The van der Waals surface area contributed by atoms with Crippen molar-refractivity contribution in [1.29, 1.82) is 0 Å². The minimum atomic E-state index is -0.511. The first-order valence-electron chi connectivity index (χ1n) is 8.00. The van der Waals surface area contributed by atoms with Crippen LogP contribution in [-0.2, 0) is 9.59 Å². The summed E-state index contributed by atoms with van der Waals surface area (Å²) in [4.78, 5) is 39.2. The van der Waals surface area contributed by atoms with E-state index in [4.69, 9.17) is 5.73 Å². The normalized spacial score (nSPS) is 17.4. The maximum absolute atomic E-state index is 12.3. The molecule has 2 rings (SSSR count). The van der Waals surface area contributed by atoms with Crippen molar-refractivity contribution in [2.24, 2.45) is 11.7 Å². The van der Waals surface area contributed by atoms with E-state index in [1.165, 1.54) is 0 Å². The predicted octanol–water partition coefficient (Wildman–Crippen LogP) is 0.524. The van der Waals surface area contributed by atoms with Gasteiger partial charge in [-0.3, -0.25) is 14.4 Å². The van der Waals surface area contributed by atoms with Crippen LogP contribution in [0.15, 0.2) is 24.3 Å². The zero-order valence-electron chi connectivity index (χ0n) is 14.1. The number of carbonyl (C=O) groups is 3. The van der Waals surface area contributed by atoms with E-state index in [1.807, 2.05) is 14.1 Å². The number of benzene rings is 1. The van der Waals surface area contributed by atoms with Gasteiger partial charge in [0.05, 0.1) is 5.92 Å². The number of amides is 3. The maximum atomic E-state index is 12.3. The molecule has 1 aliphatic rings. The highest BCUT2D eigenvalue weighted by atomic mass is 16.2. The number of primary amides is 1. The molecule has 7 heteroatoms. The minimum Gasteiger partial charge on any atom is -0.366 e. The molecule has 0 bridgehead atoms. The largest absolute Gasteiger partial charge is 0.366 e. The quantitative estimate of drug-likeness (QED) is 0.761. The van der Waals surface area contributed by atoms with Gasteiger partial charge in [-0.25, -0.2) is 0 Å². The van der Waals surface area contributed by atoms with Crippen molar-refractivity contribution in [2.75, 3.05) is 39.0 Å². The number of rotatable bonds is 7. The molecule has 0 aromatic heterocycles. The van der Waals surface area contributed by atoms with E-state index < -0.39 is 5.91 Å². The maximum Gasteiger partial charge on any atom is 0.248 e. The van der Waals surface area contributed by atoms with Gasteiger partial charge in [0.2, 0.25) is 17.7 Å². The zero-order valence-corrected chi connectivity index (χ0v) is 14.1. The fourth-order valence-corrected chi connectivity index (χ4v) is 2.70. The number of nitrogens with zero attached hydrogens (tertiary/aromatic N) is 2. The Labute approximate surface area is 141 Å². The highest BCUT2D eigenvalue weighted by molar-refractivity contribution is 5.98. The molecule has 3 N–H and O–H groups in total. The summed E-state index contributed by atoms with van der Waals surface area (Å²) in [6.07, 6.45) is 1.13. The van der Waals surface area contributed by atoms with Crippen LogP contribution in [0.1, 0.15) is 23.2 Å². The molecule has 1 atom stereocenters. The smallest absolute Gasteiger partial charge is 0.248 e. The van der Waals surface area contributed by atoms with Crippen LogP contribution >= 0.6 is 0 Å². The monoisotopic (exact) mass is 332 g/mol. The van der Waals surface area contributed by atoms with Crippen molar-refractivity contribution >= 4 is 23.4 Å². The second kappa shape index (κ2) is 7.92. The van der Waals surface area contributed by atoms with E-state index in [0.29, 0.717) is 24.3 Å². The Hall–Kier alpha value is -2.41. The lowest BCUT2D eigenvalue weighted by Gasteiger charge is -2.18. The summed E-state index contributed by atoms with van der Waals surface area (Å²) in [5, 5.41) is 2.79. The fraction of sp³-hybridized carbons (Fsp3) is 0.471. The van der Waals surface area contributed by atoms with E-state index >= 15 is 0 Å². The number of nitrogens with one attached hydrogen (secondary N) is 1. The van der Waals surface area contributed by atoms with Crippen molar-refractivity contribution in [3.05, 3.63) is 29.8 Å². The van der Waals surface area contributed by atoms with Crippen molar-refractivity contribution in [3.63, 3.8) is 0 Å². The third-order valence-electron chi connectivity index (χ3n) is 4.06. The summed E-state index contributed by atoms with van der Waals surface area (Å²) >= 11 is 0. The third kappa shape index (κ3) is 4.79. The highest BCUT2D eigenvalue weighted by Crippen LogP contribution is 2.20. The SMILES string of the molecule is CN(C)CCCN1CC(C(=O)Nc2ccc(C(N)=O)cc2)CC1=O. The van der Waals surface area contributed by atoms with Gasteiger partial charge < -0.3 is 20.9 Å². The molecule has 24 heavy (non-hydrogen) atoms. The molecule has 0 saturated carbocycles. The summed E-state index contributed by atoms with van der Waals surface area (Å²) in [5.41, 5.74) is 6.15. The van der Waals surface area contributed by atoms with E-state index in [1.54, 1.807) is 29.2 Å². The summed E-state index contributed by atoms with van der Waals surface area (Å²) in [6, 6.07) is 6.38. The summed E-state index contributed by atoms with van der Waals surface area (Å²) in [7, 11) is 3.98. The second-order valence-corrected chi connectivity index (χ2v) is 6.33. The first-order valence-corrected chi connectivity index (χ1v) is 8.00. The Morgan fingerprint density at radius 3 is 2.54 bits per heavy atom. The molecule has 130 valence electrons. The number of hydrogen-bond donors (Lipinski definition) is 2. The number of anilines is 1. The summed E-state index contributed by atoms with van der Waals surface area (Å²) in [6.45, 7) is 2.04. The average Bonchev–Trinajstić information content (AvgIpc) is 2.89. The first kappa shape index (κ1) is 17.9. The van der Waals surface area contributed by atoms with Gasteiger partial charge in [-0.1, -0.05) is 0 Å². The van der Waals surface area contributed by atoms with E-state index in [9.17, 15) is 14.4 Å². The van der Waals surface area contributed by atoms with Gasteiger partial charge in [0.15, 0.2) is 0 Å². The Morgan fingerprint density at radius 2 is 1.96 bits per heavy atom. The number of likely N-dealkylation sites (tertiary alicyclic amines) is 1. The van der Waals surface area contributed by atoms with Gasteiger partial charge in [-0.2, -0.15) is 0 Å². The molecule has 1 aromatic rings. The lowest BCUT2D eigenvalue weighted by atomic mass is 10.1. The summed E-state index contributed by atoms with van der Waals surface area (Å²) in [5.74, 6) is -1.00. The lowest BCUT2D eigenvalue weighted by Crippen LogP contribution is -2.30. The van der Waals surface area contributed by atoms with Gasteiger partial charge >= 0.3 is 0 Å². The summed E-state index contributed by atoms with van der Waals surface area (Å²) < 4.78 is 0. The number of nitrogens with two attached hydrogens (primary N) is 1. The molecule has 1 saturated heterocycles. The zero-order chi connectivity index (χ0) is 17.7.